The molecule has 0 unspecified atom stereocenters. The molecule has 2 N–H and O–H groups in total. The number of amides is 1. The fourth-order valence-electron chi connectivity index (χ4n) is 5.48. The van der Waals surface area contributed by atoms with Crippen LogP contribution >= 0.6 is 0 Å². The predicted molar refractivity (Wildman–Crippen MR) is 138 cm³/mol. The molecular formula is C29H31F3N4O. The average molecular weight is 509 g/mol. The van der Waals surface area contributed by atoms with Crippen LogP contribution in [-0.4, -0.2) is 49.2 Å². The first-order valence-electron chi connectivity index (χ1n) is 12.7. The van der Waals surface area contributed by atoms with E-state index in [0.717, 1.165) is 49.4 Å². The summed E-state index contributed by atoms with van der Waals surface area (Å²) in [6, 6.07) is 18.9. The lowest BCUT2D eigenvalue weighted by atomic mass is 9.85. The number of carbonyl (C=O) groups excluding carboxylic acids is 1. The van der Waals surface area contributed by atoms with Crippen molar-refractivity contribution in [1.29, 1.82) is 0 Å². The van der Waals surface area contributed by atoms with Gasteiger partial charge in [-0.15, -0.1) is 0 Å². The number of piperidine rings is 1. The highest BCUT2D eigenvalue weighted by Crippen LogP contribution is 2.36. The third kappa shape index (κ3) is 5.50. The minimum atomic E-state index is -0.594. The van der Waals surface area contributed by atoms with Crippen LogP contribution in [0.1, 0.15) is 36.4 Å². The molecule has 194 valence electrons. The maximum atomic E-state index is 13.5. The Labute approximate surface area is 215 Å². The summed E-state index contributed by atoms with van der Waals surface area (Å²) < 4.78 is 40.4. The van der Waals surface area contributed by atoms with Gasteiger partial charge in [-0.05, 0) is 92.0 Å². The molecule has 0 aliphatic carbocycles. The van der Waals surface area contributed by atoms with Gasteiger partial charge in [-0.25, -0.2) is 13.2 Å². The Hall–Kier alpha value is -3.36. The smallest absolute Gasteiger partial charge is 0.247 e. The largest absolute Gasteiger partial charge is 0.339 e. The standard InChI is InChI=1S/C29H31F3N4O/c30-23-6-2-21(3-7-23)27(22-4-8-24(31)9-5-22)33-16-1-17-35-18-14-29(15-19-35)28(37)34-20-36(29)26-12-10-25(32)11-13-26/h2-13,27,33H,1,14-20H2,(H,34,37). The molecule has 1 amide bonds. The Kier molecular flexibility index (Phi) is 7.48. The third-order valence-electron chi connectivity index (χ3n) is 7.56. The number of likely N-dealkylation sites (tertiary alicyclic amines) is 1. The molecule has 0 saturated carbocycles. The average Bonchev–Trinajstić information content (AvgIpc) is 3.22. The van der Waals surface area contributed by atoms with Crippen LogP contribution in [0.2, 0.25) is 0 Å². The normalized spacial score (nSPS) is 17.5. The van der Waals surface area contributed by atoms with Gasteiger partial charge in [-0.1, -0.05) is 24.3 Å². The highest BCUT2D eigenvalue weighted by Gasteiger charge is 2.50. The molecule has 3 aromatic carbocycles. The number of nitrogens with zero attached hydrogens (tertiary/aromatic N) is 2. The quantitative estimate of drug-likeness (QED) is 0.437. The lowest BCUT2D eigenvalue weighted by molar-refractivity contribution is -0.125. The van der Waals surface area contributed by atoms with Crippen molar-refractivity contribution in [2.75, 3.05) is 37.7 Å². The van der Waals surface area contributed by atoms with Gasteiger partial charge in [0.25, 0.3) is 0 Å². The number of hydrogen-bond donors (Lipinski definition) is 2. The molecular weight excluding hydrogens is 477 g/mol. The van der Waals surface area contributed by atoms with Crippen molar-refractivity contribution in [1.82, 2.24) is 15.5 Å². The van der Waals surface area contributed by atoms with Crippen LogP contribution in [0.3, 0.4) is 0 Å². The van der Waals surface area contributed by atoms with Crippen molar-refractivity contribution in [3.05, 3.63) is 101 Å². The molecule has 5 nitrogen and oxygen atoms in total. The SMILES string of the molecule is O=C1NCN(c2ccc(F)cc2)C12CCN(CCCNC(c1ccc(F)cc1)c1ccc(F)cc1)CC2. The van der Waals surface area contributed by atoms with Crippen LogP contribution in [0.25, 0.3) is 0 Å². The lowest BCUT2D eigenvalue weighted by Gasteiger charge is -2.43. The Morgan fingerprint density at radius 1 is 0.811 bits per heavy atom. The van der Waals surface area contributed by atoms with Gasteiger partial charge in [0.05, 0.1) is 12.7 Å². The molecule has 2 heterocycles. The molecule has 37 heavy (non-hydrogen) atoms. The van der Waals surface area contributed by atoms with Crippen molar-refractivity contribution in [2.45, 2.75) is 30.8 Å². The zero-order chi connectivity index (χ0) is 25.8. The van der Waals surface area contributed by atoms with Crippen molar-refractivity contribution < 1.29 is 18.0 Å². The van der Waals surface area contributed by atoms with Gasteiger partial charge in [0.1, 0.15) is 23.0 Å². The Morgan fingerprint density at radius 3 is 1.86 bits per heavy atom. The molecule has 2 saturated heterocycles. The van der Waals surface area contributed by atoms with E-state index < -0.39 is 5.54 Å². The Balaban J connectivity index is 1.16. The fourth-order valence-corrected chi connectivity index (χ4v) is 5.48. The van der Waals surface area contributed by atoms with Crippen LogP contribution in [0.4, 0.5) is 18.9 Å². The van der Waals surface area contributed by atoms with E-state index >= 15 is 0 Å². The molecule has 2 aliphatic rings. The molecule has 0 atom stereocenters. The first kappa shape index (κ1) is 25.3. The van der Waals surface area contributed by atoms with Gasteiger partial charge in [-0.2, -0.15) is 0 Å². The zero-order valence-electron chi connectivity index (χ0n) is 20.6. The van der Waals surface area contributed by atoms with Gasteiger partial charge < -0.3 is 20.4 Å². The second kappa shape index (κ2) is 10.9. The first-order valence-corrected chi connectivity index (χ1v) is 12.7. The van der Waals surface area contributed by atoms with Crippen molar-refractivity contribution in [3.63, 3.8) is 0 Å². The first-order chi connectivity index (χ1) is 17.9. The van der Waals surface area contributed by atoms with Crippen LogP contribution < -0.4 is 15.5 Å². The monoisotopic (exact) mass is 508 g/mol. The molecule has 0 bridgehead atoms. The summed E-state index contributed by atoms with van der Waals surface area (Å²) in [6.45, 7) is 3.63. The highest BCUT2D eigenvalue weighted by atomic mass is 19.1. The summed E-state index contributed by atoms with van der Waals surface area (Å²) in [4.78, 5) is 17.3. The van der Waals surface area contributed by atoms with Crippen LogP contribution in [0.15, 0.2) is 72.8 Å². The van der Waals surface area contributed by atoms with Gasteiger partial charge in [-0.3, -0.25) is 4.79 Å². The summed E-state index contributed by atoms with van der Waals surface area (Å²) in [7, 11) is 0. The summed E-state index contributed by atoms with van der Waals surface area (Å²) in [5, 5.41) is 6.52. The number of hydrogen-bond acceptors (Lipinski definition) is 4. The maximum Gasteiger partial charge on any atom is 0.247 e. The predicted octanol–water partition coefficient (Wildman–Crippen LogP) is 4.60. The molecule has 5 rings (SSSR count). The molecule has 2 fully saturated rings. The molecule has 8 heteroatoms. The van der Waals surface area contributed by atoms with Gasteiger partial charge >= 0.3 is 0 Å². The van der Waals surface area contributed by atoms with Crippen LogP contribution in [0.5, 0.6) is 0 Å². The van der Waals surface area contributed by atoms with E-state index in [1.165, 1.54) is 36.4 Å². The summed E-state index contributed by atoms with van der Waals surface area (Å²) in [5.74, 6) is -0.836. The topological polar surface area (TPSA) is 47.6 Å². The number of anilines is 1. The molecule has 0 aromatic heterocycles. The van der Waals surface area contributed by atoms with E-state index in [-0.39, 0.29) is 29.4 Å². The fraction of sp³-hybridized carbons (Fsp3) is 0.345. The van der Waals surface area contributed by atoms with E-state index in [2.05, 4.69) is 20.4 Å². The molecule has 1 spiro atoms. The summed E-state index contributed by atoms with van der Waals surface area (Å²) in [5.41, 5.74) is 2.09. The van der Waals surface area contributed by atoms with Crippen molar-refractivity contribution >= 4 is 11.6 Å². The van der Waals surface area contributed by atoms with Crippen LogP contribution in [-0.2, 0) is 4.79 Å². The molecule has 3 aromatic rings. The maximum absolute atomic E-state index is 13.5. The van der Waals surface area contributed by atoms with E-state index in [9.17, 15) is 18.0 Å². The Morgan fingerprint density at radius 2 is 1.32 bits per heavy atom. The second-order valence-corrected chi connectivity index (χ2v) is 9.79. The van der Waals surface area contributed by atoms with E-state index in [1.807, 2.05) is 0 Å². The highest BCUT2D eigenvalue weighted by molar-refractivity contribution is 5.93. The van der Waals surface area contributed by atoms with Gasteiger partial charge in [0, 0.05) is 18.8 Å². The molecule has 2 aliphatic heterocycles. The molecule has 0 radical (unpaired) electrons. The summed E-state index contributed by atoms with van der Waals surface area (Å²) in [6.07, 6.45) is 2.30. The number of nitrogens with one attached hydrogen (secondary N) is 2. The summed E-state index contributed by atoms with van der Waals surface area (Å²) >= 11 is 0. The third-order valence-corrected chi connectivity index (χ3v) is 7.56. The lowest BCUT2D eigenvalue weighted by Crippen LogP contribution is -2.56. The van der Waals surface area contributed by atoms with Gasteiger partial charge in [0.15, 0.2) is 0 Å². The number of benzene rings is 3. The van der Waals surface area contributed by atoms with Crippen molar-refractivity contribution in [3.8, 4) is 0 Å². The minimum absolute atomic E-state index is 0.0413. The number of halogens is 3. The van der Waals surface area contributed by atoms with Gasteiger partial charge in [0.2, 0.25) is 5.91 Å². The number of carbonyl (C=O) groups is 1. The van der Waals surface area contributed by atoms with E-state index in [4.69, 9.17) is 0 Å². The Bertz CT molecular complexity index is 1150. The minimum Gasteiger partial charge on any atom is -0.339 e. The van der Waals surface area contributed by atoms with Crippen molar-refractivity contribution in [2.24, 2.45) is 0 Å². The van der Waals surface area contributed by atoms with Crippen LogP contribution in [0, 0.1) is 17.5 Å². The van der Waals surface area contributed by atoms with E-state index in [0.29, 0.717) is 19.5 Å². The number of rotatable bonds is 8. The zero-order valence-corrected chi connectivity index (χ0v) is 20.6. The second-order valence-electron chi connectivity index (χ2n) is 9.79. The van der Waals surface area contributed by atoms with E-state index in [1.54, 1.807) is 36.4 Å².